The van der Waals surface area contributed by atoms with Crippen molar-refractivity contribution in [2.45, 2.75) is 17.7 Å². The number of rotatable bonds is 7. The zero-order chi connectivity index (χ0) is 14.2. The second-order valence-corrected chi connectivity index (χ2v) is 7.20. The highest BCUT2D eigenvalue weighted by molar-refractivity contribution is 9.10. The van der Waals surface area contributed by atoms with Gasteiger partial charge in [-0.15, -0.1) is 23.4 Å². The molecule has 0 saturated heterocycles. The van der Waals surface area contributed by atoms with Crippen molar-refractivity contribution in [3.05, 3.63) is 64.6 Å². The minimum absolute atomic E-state index is 0.544. The van der Waals surface area contributed by atoms with Gasteiger partial charge in [0.2, 0.25) is 0 Å². The molecule has 0 fully saturated rings. The van der Waals surface area contributed by atoms with Crippen molar-refractivity contribution in [2.75, 3.05) is 11.6 Å². The number of thioether (sulfide) groups is 1. The molecule has 0 N–H and O–H groups in total. The van der Waals surface area contributed by atoms with Crippen LogP contribution < -0.4 is 0 Å². The van der Waals surface area contributed by atoms with Gasteiger partial charge in [0.15, 0.2) is 0 Å². The van der Waals surface area contributed by atoms with E-state index in [4.69, 9.17) is 11.6 Å². The minimum atomic E-state index is 0.544. The minimum Gasteiger partial charge on any atom is -0.126 e. The topological polar surface area (TPSA) is 0 Å². The van der Waals surface area contributed by atoms with Gasteiger partial charge < -0.3 is 0 Å². The van der Waals surface area contributed by atoms with Gasteiger partial charge in [-0.05, 0) is 54.3 Å². The van der Waals surface area contributed by atoms with Gasteiger partial charge >= 0.3 is 0 Å². The smallest absolute Gasteiger partial charge is 0.0255 e. The van der Waals surface area contributed by atoms with E-state index in [9.17, 15) is 0 Å². The van der Waals surface area contributed by atoms with Crippen LogP contribution in [0.3, 0.4) is 0 Å². The number of benzene rings is 2. The predicted octanol–water partition coefficient (Wildman–Crippen LogP) is 6.03. The van der Waals surface area contributed by atoms with Crippen LogP contribution in [0.4, 0.5) is 0 Å². The largest absolute Gasteiger partial charge is 0.126 e. The first-order valence-electron chi connectivity index (χ1n) is 6.76. The Balaban J connectivity index is 1.80. The summed E-state index contributed by atoms with van der Waals surface area (Å²) in [7, 11) is 0. The maximum Gasteiger partial charge on any atom is 0.0255 e. The predicted molar refractivity (Wildman–Crippen MR) is 93.8 cm³/mol. The Hall–Kier alpha value is -0.440. The molecule has 2 aromatic carbocycles. The number of hydrogen-bond acceptors (Lipinski definition) is 1. The van der Waals surface area contributed by atoms with Crippen LogP contribution in [-0.2, 0) is 6.42 Å². The molecule has 0 aromatic heterocycles. The van der Waals surface area contributed by atoms with Crippen molar-refractivity contribution in [1.29, 1.82) is 0 Å². The molecule has 0 spiro atoms. The van der Waals surface area contributed by atoms with Crippen molar-refractivity contribution in [3.8, 4) is 0 Å². The maximum absolute atomic E-state index is 6.12. The fourth-order valence-corrected chi connectivity index (χ4v) is 3.84. The molecule has 1 atom stereocenters. The van der Waals surface area contributed by atoms with Crippen LogP contribution in [0.25, 0.3) is 0 Å². The van der Waals surface area contributed by atoms with Crippen LogP contribution in [0, 0.1) is 5.92 Å². The van der Waals surface area contributed by atoms with Crippen molar-refractivity contribution >= 4 is 39.3 Å². The quantitative estimate of drug-likeness (QED) is 0.424. The van der Waals surface area contributed by atoms with E-state index in [0.29, 0.717) is 5.92 Å². The lowest BCUT2D eigenvalue weighted by Crippen LogP contribution is -2.07. The monoisotopic (exact) mass is 368 g/mol. The van der Waals surface area contributed by atoms with E-state index < -0.39 is 0 Å². The van der Waals surface area contributed by atoms with E-state index in [1.54, 1.807) is 0 Å². The Bertz CT molecular complexity index is 515. The molecular weight excluding hydrogens is 352 g/mol. The van der Waals surface area contributed by atoms with Crippen LogP contribution in [0.2, 0.25) is 0 Å². The Morgan fingerprint density at radius 3 is 2.55 bits per heavy atom. The zero-order valence-corrected chi connectivity index (χ0v) is 14.4. The molecule has 2 aromatic rings. The summed E-state index contributed by atoms with van der Waals surface area (Å²) in [5.74, 6) is 2.39. The first-order chi connectivity index (χ1) is 9.78. The van der Waals surface area contributed by atoms with E-state index in [2.05, 4.69) is 70.5 Å². The molecule has 0 radical (unpaired) electrons. The summed E-state index contributed by atoms with van der Waals surface area (Å²) in [5.41, 5.74) is 1.36. The van der Waals surface area contributed by atoms with Crippen LogP contribution >= 0.6 is 39.3 Å². The molecule has 0 saturated carbocycles. The van der Waals surface area contributed by atoms with E-state index in [1.165, 1.54) is 10.5 Å². The van der Waals surface area contributed by atoms with Crippen molar-refractivity contribution < 1.29 is 0 Å². The fourth-order valence-electron chi connectivity index (χ4n) is 2.09. The molecular formula is C17H18BrClS. The Morgan fingerprint density at radius 2 is 1.85 bits per heavy atom. The number of alkyl halides is 1. The van der Waals surface area contributed by atoms with E-state index >= 15 is 0 Å². The maximum atomic E-state index is 6.12. The third-order valence-electron chi connectivity index (χ3n) is 3.17. The molecule has 0 bridgehead atoms. The first kappa shape index (κ1) is 15.9. The zero-order valence-electron chi connectivity index (χ0n) is 11.3. The second-order valence-electron chi connectivity index (χ2n) is 4.80. The van der Waals surface area contributed by atoms with Gasteiger partial charge in [-0.2, -0.15) is 0 Å². The highest BCUT2D eigenvalue weighted by Crippen LogP contribution is 2.23. The molecule has 106 valence electrons. The van der Waals surface area contributed by atoms with E-state index in [-0.39, 0.29) is 0 Å². The van der Waals surface area contributed by atoms with Crippen molar-refractivity contribution in [3.63, 3.8) is 0 Å². The molecule has 3 heteroatoms. The molecule has 1 unspecified atom stereocenters. The van der Waals surface area contributed by atoms with E-state index in [1.807, 2.05) is 11.8 Å². The average Bonchev–Trinajstić information content (AvgIpc) is 2.47. The van der Waals surface area contributed by atoms with Gasteiger partial charge in [0, 0.05) is 15.2 Å². The normalized spacial score (nSPS) is 12.3. The molecule has 20 heavy (non-hydrogen) atoms. The van der Waals surface area contributed by atoms with Gasteiger partial charge in [0.25, 0.3) is 0 Å². The molecule has 0 aliphatic rings. The van der Waals surface area contributed by atoms with Crippen molar-refractivity contribution in [2.24, 2.45) is 5.92 Å². The van der Waals surface area contributed by atoms with Crippen molar-refractivity contribution in [1.82, 2.24) is 0 Å². The lowest BCUT2D eigenvalue weighted by Gasteiger charge is -2.14. The standard InChI is InChI=1S/C17H18BrClS/c18-16-6-4-5-14(12-16)11-15(13-19)9-10-20-17-7-2-1-3-8-17/h1-8,12,15H,9-11,13H2. The van der Waals surface area contributed by atoms with Gasteiger partial charge in [0.1, 0.15) is 0 Å². The summed E-state index contributed by atoms with van der Waals surface area (Å²) < 4.78 is 1.14. The van der Waals surface area contributed by atoms with Crippen LogP contribution in [0.15, 0.2) is 64.0 Å². The Morgan fingerprint density at radius 1 is 1.05 bits per heavy atom. The first-order valence-corrected chi connectivity index (χ1v) is 9.07. The fraction of sp³-hybridized carbons (Fsp3) is 0.294. The summed E-state index contributed by atoms with van der Waals surface area (Å²) in [5, 5.41) is 0. The lowest BCUT2D eigenvalue weighted by atomic mass is 9.99. The van der Waals surface area contributed by atoms with Crippen LogP contribution in [-0.4, -0.2) is 11.6 Å². The van der Waals surface area contributed by atoms with Gasteiger partial charge in [-0.1, -0.05) is 46.3 Å². The summed E-state index contributed by atoms with van der Waals surface area (Å²) in [6.45, 7) is 0. The summed E-state index contributed by atoms with van der Waals surface area (Å²) in [6, 6.07) is 19.1. The summed E-state index contributed by atoms with van der Waals surface area (Å²) in [4.78, 5) is 1.34. The molecule has 0 heterocycles. The highest BCUT2D eigenvalue weighted by atomic mass is 79.9. The third-order valence-corrected chi connectivity index (χ3v) is 5.14. The van der Waals surface area contributed by atoms with Gasteiger partial charge in [-0.3, -0.25) is 0 Å². The highest BCUT2D eigenvalue weighted by Gasteiger charge is 2.09. The molecule has 2 rings (SSSR count). The molecule has 0 nitrogen and oxygen atoms in total. The SMILES string of the molecule is ClCC(CCSc1ccccc1)Cc1cccc(Br)c1. The number of hydrogen-bond donors (Lipinski definition) is 0. The summed E-state index contributed by atoms with van der Waals surface area (Å²) >= 11 is 11.5. The molecule has 0 aliphatic carbocycles. The lowest BCUT2D eigenvalue weighted by molar-refractivity contribution is 0.571. The summed E-state index contributed by atoms with van der Waals surface area (Å²) in [6.07, 6.45) is 2.20. The Kier molecular flexibility index (Phi) is 6.98. The average molecular weight is 370 g/mol. The second kappa shape index (κ2) is 8.76. The molecule has 0 aliphatic heterocycles. The molecule has 0 amide bonds. The van der Waals surface area contributed by atoms with Gasteiger partial charge in [0.05, 0.1) is 0 Å². The van der Waals surface area contributed by atoms with Crippen LogP contribution in [0.5, 0.6) is 0 Å². The van der Waals surface area contributed by atoms with Crippen LogP contribution in [0.1, 0.15) is 12.0 Å². The van der Waals surface area contributed by atoms with E-state index in [0.717, 1.165) is 28.9 Å². The Labute approximate surface area is 139 Å². The third kappa shape index (κ3) is 5.51. The van der Waals surface area contributed by atoms with Gasteiger partial charge in [-0.25, -0.2) is 0 Å². The number of halogens is 2.